The zero-order valence-electron chi connectivity index (χ0n) is 12.5. The van der Waals surface area contributed by atoms with Gasteiger partial charge in [0, 0.05) is 23.4 Å². The van der Waals surface area contributed by atoms with Gasteiger partial charge in [-0.1, -0.05) is 0 Å². The van der Waals surface area contributed by atoms with Gasteiger partial charge in [-0.3, -0.25) is 0 Å². The van der Waals surface area contributed by atoms with Crippen LogP contribution in [0.3, 0.4) is 0 Å². The van der Waals surface area contributed by atoms with Gasteiger partial charge in [0.1, 0.15) is 11.6 Å². The summed E-state index contributed by atoms with van der Waals surface area (Å²) >= 11 is 3.45. The van der Waals surface area contributed by atoms with Gasteiger partial charge in [0.25, 0.3) is 0 Å². The largest absolute Gasteiger partial charge is 0.496 e. The number of aromatic nitrogens is 1. The molecule has 0 unspecified atom stereocenters. The Labute approximate surface area is 128 Å². The van der Waals surface area contributed by atoms with Crippen molar-refractivity contribution in [3.63, 3.8) is 0 Å². The summed E-state index contributed by atoms with van der Waals surface area (Å²) in [7, 11) is 3.74. The van der Waals surface area contributed by atoms with Gasteiger partial charge in [-0.05, 0) is 71.6 Å². The highest BCUT2D eigenvalue weighted by molar-refractivity contribution is 9.10. The first kappa shape index (κ1) is 14.9. The van der Waals surface area contributed by atoms with Crippen molar-refractivity contribution in [2.75, 3.05) is 19.1 Å². The van der Waals surface area contributed by atoms with Crippen molar-refractivity contribution < 1.29 is 4.74 Å². The Hall–Kier alpha value is -1.55. The molecule has 1 heterocycles. The molecule has 0 bridgehead atoms. The summed E-state index contributed by atoms with van der Waals surface area (Å²) in [5.74, 6) is 1.90. The van der Waals surface area contributed by atoms with Crippen molar-refractivity contribution in [2.24, 2.45) is 0 Å². The minimum Gasteiger partial charge on any atom is -0.496 e. The van der Waals surface area contributed by atoms with E-state index in [4.69, 9.17) is 4.74 Å². The molecule has 2 aromatic rings. The number of hydrogen-bond acceptors (Lipinski definition) is 3. The second-order valence-electron chi connectivity index (χ2n) is 4.97. The van der Waals surface area contributed by atoms with E-state index in [1.807, 2.05) is 13.2 Å². The second-order valence-corrected chi connectivity index (χ2v) is 5.88. The summed E-state index contributed by atoms with van der Waals surface area (Å²) in [6, 6.07) is 6.31. The van der Waals surface area contributed by atoms with Gasteiger partial charge in [0.15, 0.2) is 0 Å². The number of rotatable bonds is 3. The Kier molecular flexibility index (Phi) is 4.33. The van der Waals surface area contributed by atoms with Gasteiger partial charge >= 0.3 is 0 Å². The van der Waals surface area contributed by atoms with Crippen molar-refractivity contribution in [2.45, 2.75) is 20.8 Å². The number of anilines is 2. The zero-order valence-corrected chi connectivity index (χ0v) is 14.1. The van der Waals surface area contributed by atoms with E-state index in [1.54, 1.807) is 7.11 Å². The third-order valence-corrected chi connectivity index (χ3v) is 3.81. The molecule has 0 saturated carbocycles. The first-order valence-electron chi connectivity index (χ1n) is 6.45. The van der Waals surface area contributed by atoms with Crippen molar-refractivity contribution >= 4 is 27.4 Å². The topological polar surface area (TPSA) is 25.4 Å². The smallest absolute Gasteiger partial charge is 0.135 e. The van der Waals surface area contributed by atoms with Crippen LogP contribution in [-0.2, 0) is 0 Å². The van der Waals surface area contributed by atoms with Crippen LogP contribution in [0.5, 0.6) is 5.75 Å². The Bertz CT molecular complexity index is 617. The first-order valence-corrected chi connectivity index (χ1v) is 7.24. The molecular formula is C16H19BrN2O. The number of benzene rings is 1. The van der Waals surface area contributed by atoms with Crippen LogP contribution in [0.15, 0.2) is 28.9 Å². The fourth-order valence-electron chi connectivity index (χ4n) is 2.45. The van der Waals surface area contributed by atoms with Gasteiger partial charge in [0.05, 0.1) is 7.11 Å². The summed E-state index contributed by atoms with van der Waals surface area (Å²) in [6.07, 6.45) is 1.82. The monoisotopic (exact) mass is 334 g/mol. The Morgan fingerprint density at radius 2 is 1.65 bits per heavy atom. The number of hydrogen-bond donors (Lipinski definition) is 0. The minimum atomic E-state index is 0.947. The van der Waals surface area contributed by atoms with Crippen molar-refractivity contribution in [3.05, 3.63) is 45.6 Å². The maximum Gasteiger partial charge on any atom is 0.135 e. The van der Waals surface area contributed by atoms with E-state index in [0.29, 0.717) is 0 Å². The van der Waals surface area contributed by atoms with Crippen LogP contribution in [0, 0.1) is 20.8 Å². The third kappa shape index (κ3) is 2.80. The highest BCUT2D eigenvalue weighted by atomic mass is 79.9. The lowest BCUT2D eigenvalue weighted by molar-refractivity contribution is 0.408. The molecular weight excluding hydrogens is 316 g/mol. The molecule has 0 fully saturated rings. The van der Waals surface area contributed by atoms with Crippen LogP contribution in [0.4, 0.5) is 11.5 Å². The zero-order chi connectivity index (χ0) is 14.9. The Morgan fingerprint density at radius 3 is 2.15 bits per heavy atom. The summed E-state index contributed by atoms with van der Waals surface area (Å²) in [5, 5.41) is 0. The molecule has 4 heteroatoms. The fraction of sp³-hybridized carbons (Fsp3) is 0.312. The molecule has 0 N–H and O–H groups in total. The predicted molar refractivity (Wildman–Crippen MR) is 87.2 cm³/mol. The van der Waals surface area contributed by atoms with Crippen LogP contribution in [0.2, 0.25) is 0 Å². The standard InChI is InChI=1S/C16H19BrN2O/c1-10-7-14(8-11(2)15(10)20-5)19(4)16-12(3)6-13(17)9-18-16/h6-9H,1-5H3. The van der Waals surface area contributed by atoms with Gasteiger partial charge < -0.3 is 9.64 Å². The predicted octanol–water partition coefficient (Wildman–Crippen LogP) is 4.55. The Morgan fingerprint density at radius 1 is 1.05 bits per heavy atom. The maximum atomic E-state index is 5.42. The second kappa shape index (κ2) is 5.83. The summed E-state index contributed by atoms with van der Waals surface area (Å²) in [5.41, 5.74) is 4.50. The van der Waals surface area contributed by atoms with Gasteiger partial charge in [-0.25, -0.2) is 4.98 Å². The molecule has 0 atom stereocenters. The van der Waals surface area contributed by atoms with E-state index < -0.39 is 0 Å². The van der Waals surface area contributed by atoms with Crippen LogP contribution < -0.4 is 9.64 Å². The van der Waals surface area contributed by atoms with Crippen molar-refractivity contribution in [1.29, 1.82) is 0 Å². The molecule has 2 rings (SSSR count). The summed E-state index contributed by atoms with van der Waals surface area (Å²) < 4.78 is 6.41. The van der Waals surface area contributed by atoms with Crippen LogP contribution >= 0.6 is 15.9 Å². The number of aryl methyl sites for hydroxylation is 3. The third-order valence-electron chi connectivity index (χ3n) is 3.37. The molecule has 20 heavy (non-hydrogen) atoms. The number of nitrogens with zero attached hydrogens (tertiary/aromatic N) is 2. The average molecular weight is 335 g/mol. The fourth-order valence-corrected chi connectivity index (χ4v) is 2.90. The van der Waals surface area contributed by atoms with Crippen LogP contribution in [0.25, 0.3) is 0 Å². The molecule has 0 aliphatic rings. The molecule has 0 spiro atoms. The molecule has 0 radical (unpaired) electrons. The highest BCUT2D eigenvalue weighted by Gasteiger charge is 2.12. The number of methoxy groups -OCH3 is 1. The maximum absolute atomic E-state index is 5.42. The van der Waals surface area contributed by atoms with E-state index in [1.165, 1.54) is 0 Å². The first-order chi connectivity index (χ1) is 9.43. The molecule has 1 aromatic heterocycles. The molecule has 0 saturated heterocycles. The lowest BCUT2D eigenvalue weighted by atomic mass is 10.1. The minimum absolute atomic E-state index is 0.947. The molecule has 0 amide bonds. The SMILES string of the molecule is COc1c(C)cc(N(C)c2ncc(Br)cc2C)cc1C. The molecule has 0 aliphatic heterocycles. The lowest BCUT2D eigenvalue weighted by Gasteiger charge is -2.22. The molecule has 1 aromatic carbocycles. The van der Waals surface area contributed by atoms with E-state index in [0.717, 1.165) is 38.4 Å². The van der Waals surface area contributed by atoms with E-state index in [9.17, 15) is 0 Å². The number of pyridine rings is 1. The highest BCUT2D eigenvalue weighted by Crippen LogP contribution is 2.32. The van der Waals surface area contributed by atoms with Crippen molar-refractivity contribution in [3.8, 4) is 5.75 Å². The lowest BCUT2D eigenvalue weighted by Crippen LogP contribution is -2.13. The number of ether oxygens (including phenoxy) is 1. The van der Waals surface area contributed by atoms with Gasteiger partial charge in [-0.2, -0.15) is 0 Å². The van der Waals surface area contributed by atoms with E-state index >= 15 is 0 Å². The van der Waals surface area contributed by atoms with Crippen LogP contribution in [0.1, 0.15) is 16.7 Å². The van der Waals surface area contributed by atoms with Crippen LogP contribution in [-0.4, -0.2) is 19.1 Å². The quantitative estimate of drug-likeness (QED) is 0.823. The normalized spacial score (nSPS) is 10.5. The van der Waals surface area contributed by atoms with E-state index in [2.05, 4.69) is 64.8 Å². The van der Waals surface area contributed by atoms with Gasteiger partial charge in [0.2, 0.25) is 0 Å². The average Bonchev–Trinajstić information content (AvgIpc) is 2.37. The summed E-state index contributed by atoms with van der Waals surface area (Å²) in [4.78, 5) is 6.60. The van der Waals surface area contributed by atoms with E-state index in [-0.39, 0.29) is 0 Å². The molecule has 106 valence electrons. The number of halogens is 1. The van der Waals surface area contributed by atoms with Crippen molar-refractivity contribution in [1.82, 2.24) is 4.98 Å². The van der Waals surface area contributed by atoms with Gasteiger partial charge in [-0.15, -0.1) is 0 Å². The Balaban J connectivity index is 2.45. The molecule has 3 nitrogen and oxygen atoms in total. The molecule has 0 aliphatic carbocycles. The summed E-state index contributed by atoms with van der Waals surface area (Å²) in [6.45, 7) is 6.18.